The van der Waals surface area contributed by atoms with Gasteiger partial charge in [-0.05, 0) is 25.1 Å². The first kappa shape index (κ1) is 15.2. The molecule has 21 heavy (non-hydrogen) atoms. The van der Waals surface area contributed by atoms with E-state index in [1.807, 2.05) is 6.92 Å². The van der Waals surface area contributed by atoms with Gasteiger partial charge in [0.15, 0.2) is 0 Å². The minimum absolute atomic E-state index is 0.000636. The number of hydrogen-bond acceptors (Lipinski definition) is 4. The van der Waals surface area contributed by atoms with E-state index in [0.717, 1.165) is 4.31 Å². The number of sulfonamides is 1. The zero-order valence-electron chi connectivity index (χ0n) is 11.7. The van der Waals surface area contributed by atoms with Gasteiger partial charge in [0, 0.05) is 25.9 Å². The molecule has 5 nitrogen and oxygen atoms in total. The summed E-state index contributed by atoms with van der Waals surface area (Å²) in [4.78, 5) is 4.08. The fraction of sp³-hybridized carbons (Fsp3) is 0.214. The van der Waals surface area contributed by atoms with E-state index < -0.39 is 15.8 Å². The van der Waals surface area contributed by atoms with Gasteiger partial charge in [0.25, 0.3) is 10.0 Å². The number of rotatable bonds is 5. The van der Waals surface area contributed by atoms with Crippen LogP contribution < -0.4 is 9.62 Å². The van der Waals surface area contributed by atoms with Crippen LogP contribution in [0.4, 0.5) is 15.9 Å². The van der Waals surface area contributed by atoms with Gasteiger partial charge in [0.2, 0.25) is 0 Å². The third-order valence-corrected chi connectivity index (χ3v) is 4.71. The van der Waals surface area contributed by atoms with E-state index in [1.54, 1.807) is 6.07 Å². The van der Waals surface area contributed by atoms with Crippen molar-refractivity contribution in [3.05, 3.63) is 48.4 Å². The molecule has 7 heteroatoms. The van der Waals surface area contributed by atoms with Crippen molar-refractivity contribution >= 4 is 21.5 Å². The Hall–Kier alpha value is -2.15. The lowest BCUT2D eigenvalue weighted by Crippen LogP contribution is -2.27. The number of aromatic nitrogens is 1. The van der Waals surface area contributed by atoms with E-state index >= 15 is 0 Å². The maximum absolute atomic E-state index is 13.8. The Kier molecular flexibility index (Phi) is 4.42. The number of pyridine rings is 1. The standard InChI is InChI=1S/C14H16FN3O2S/c1-3-16-14-10-11(8-9-17-14)21(19,20)18(2)13-7-5-4-6-12(13)15/h4-10H,3H2,1-2H3,(H,16,17). The molecule has 2 rings (SSSR count). The van der Waals surface area contributed by atoms with Gasteiger partial charge in [-0.1, -0.05) is 12.1 Å². The van der Waals surface area contributed by atoms with Gasteiger partial charge in [-0.25, -0.2) is 17.8 Å². The molecule has 0 unspecified atom stereocenters. The summed E-state index contributed by atoms with van der Waals surface area (Å²) in [6.45, 7) is 2.51. The fourth-order valence-corrected chi connectivity index (χ4v) is 3.06. The summed E-state index contributed by atoms with van der Waals surface area (Å²) in [6.07, 6.45) is 1.40. The number of benzene rings is 1. The molecule has 0 aliphatic carbocycles. The lowest BCUT2D eigenvalue weighted by Gasteiger charge is -2.20. The Bertz CT molecular complexity index is 735. The van der Waals surface area contributed by atoms with Crippen molar-refractivity contribution in [2.75, 3.05) is 23.2 Å². The molecule has 0 saturated heterocycles. The van der Waals surface area contributed by atoms with Gasteiger partial charge in [-0.2, -0.15) is 0 Å². The summed E-state index contributed by atoms with van der Waals surface area (Å²) < 4.78 is 39.8. The van der Waals surface area contributed by atoms with Crippen molar-refractivity contribution in [1.82, 2.24) is 4.98 Å². The number of nitrogens with zero attached hydrogens (tertiary/aromatic N) is 2. The molecular weight excluding hydrogens is 293 g/mol. The SMILES string of the molecule is CCNc1cc(S(=O)(=O)N(C)c2ccccc2F)ccn1. The molecule has 1 heterocycles. The summed E-state index contributed by atoms with van der Waals surface area (Å²) in [5, 5.41) is 2.94. The minimum Gasteiger partial charge on any atom is -0.370 e. The molecule has 0 amide bonds. The lowest BCUT2D eigenvalue weighted by atomic mass is 10.3. The average molecular weight is 309 g/mol. The van der Waals surface area contributed by atoms with Crippen LogP contribution in [0.15, 0.2) is 47.5 Å². The third-order valence-electron chi connectivity index (χ3n) is 2.94. The Labute approximate surface area is 123 Å². The van der Waals surface area contributed by atoms with Crippen LogP contribution >= 0.6 is 0 Å². The predicted molar refractivity (Wildman–Crippen MR) is 80.4 cm³/mol. The van der Waals surface area contributed by atoms with E-state index in [-0.39, 0.29) is 10.6 Å². The second-order valence-corrected chi connectivity index (χ2v) is 6.30. The molecule has 1 aromatic heterocycles. The average Bonchev–Trinajstić information content (AvgIpc) is 2.48. The number of halogens is 1. The molecule has 0 radical (unpaired) electrons. The Morgan fingerprint density at radius 2 is 2.00 bits per heavy atom. The molecule has 112 valence electrons. The van der Waals surface area contributed by atoms with Gasteiger partial charge in [0.05, 0.1) is 10.6 Å². The zero-order valence-corrected chi connectivity index (χ0v) is 12.6. The molecule has 2 aromatic rings. The largest absolute Gasteiger partial charge is 0.370 e. The maximum atomic E-state index is 13.8. The van der Waals surface area contributed by atoms with Gasteiger partial charge < -0.3 is 5.32 Å². The first-order valence-corrected chi connectivity index (χ1v) is 7.84. The number of nitrogens with one attached hydrogen (secondary N) is 1. The topological polar surface area (TPSA) is 62.3 Å². The Balaban J connectivity index is 2.42. The second-order valence-electron chi connectivity index (χ2n) is 4.33. The Morgan fingerprint density at radius 1 is 1.29 bits per heavy atom. The number of anilines is 2. The Morgan fingerprint density at radius 3 is 2.67 bits per heavy atom. The smallest absolute Gasteiger partial charge is 0.264 e. The highest BCUT2D eigenvalue weighted by molar-refractivity contribution is 7.92. The summed E-state index contributed by atoms with van der Waals surface area (Å²) >= 11 is 0. The summed E-state index contributed by atoms with van der Waals surface area (Å²) in [5.74, 6) is -0.134. The molecule has 0 saturated carbocycles. The molecule has 0 spiro atoms. The van der Waals surface area contributed by atoms with Crippen LogP contribution in [0.1, 0.15) is 6.92 Å². The highest BCUT2D eigenvalue weighted by Gasteiger charge is 2.23. The predicted octanol–water partition coefficient (Wildman–Crippen LogP) is 2.48. The van der Waals surface area contributed by atoms with Crippen LogP contribution in [0.25, 0.3) is 0 Å². The van der Waals surface area contributed by atoms with Crippen LogP contribution in [0.2, 0.25) is 0 Å². The van der Waals surface area contributed by atoms with Crippen molar-refractivity contribution in [2.45, 2.75) is 11.8 Å². The summed E-state index contributed by atoms with van der Waals surface area (Å²) in [7, 11) is -2.52. The lowest BCUT2D eigenvalue weighted by molar-refractivity contribution is 0.589. The quantitative estimate of drug-likeness (QED) is 0.921. The zero-order chi connectivity index (χ0) is 15.5. The van der Waals surface area contributed by atoms with Crippen LogP contribution in [0, 0.1) is 5.82 Å². The monoisotopic (exact) mass is 309 g/mol. The maximum Gasteiger partial charge on any atom is 0.264 e. The van der Waals surface area contributed by atoms with Crippen molar-refractivity contribution in [2.24, 2.45) is 0 Å². The first-order chi connectivity index (χ1) is 9.96. The van der Waals surface area contributed by atoms with Gasteiger partial charge in [-0.15, -0.1) is 0 Å². The molecule has 0 aliphatic heterocycles. The third kappa shape index (κ3) is 3.13. The first-order valence-electron chi connectivity index (χ1n) is 6.40. The van der Waals surface area contributed by atoms with E-state index in [0.29, 0.717) is 12.4 Å². The highest BCUT2D eigenvalue weighted by atomic mass is 32.2. The fourth-order valence-electron chi connectivity index (χ4n) is 1.84. The molecule has 0 atom stereocenters. The van der Waals surface area contributed by atoms with Crippen LogP contribution in [-0.4, -0.2) is 27.0 Å². The molecule has 0 bridgehead atoms. The highest BCUT2D eigenvalue weighted by Crippen LogP contribution is 2.25. The van der Waals surface area contributed by atoms with E-state index in [2.05, 4.69) is 10.3 Å². The number of hydrogen-bond donors (Lipinski definition) is 1. The minimum atomic E-state index is -3.84. The van der Waals surface area contributed by atoms with Gasteiger partial charge in [0.1, 0.15) is 11.6 Å². The number of para-hydroxylation sites is 1. The normalized spacial score (nSPS) is 11.2. The molecule has 0 fully saturated rings. The van der Waals surface area contributed by atoms with E-state index in [1.165, 1.54) is 43.6 Å². The molecular formula is C14H16FN3O2S. The van der Waals surface area contributed by atoms with Crippen LogP contribution in [0.5, 0.6) is 0 Å². The molecule has 1 aromatic carbocycles. The summed E-state index contributed by atoms with van der Waals surface area (Å²) in [5.41, 5.74) is -0.000636. The summed E-state index contributed by atoms with van der Waals surface area (Å²) in [6, 6.07) is 8.54. The van der Waals surface area contributed by atoms with Crippen molar-refractivity contribution in [3.8, 4) is 0 Å². The van der Waals surface area contributed by atoms with Gasteiger partial charge in [-0.3, -0.25) is 4.31 Å². The van der Waals surface area contributed by atoms with Gasteiger partial charge >= 0.3 is 0 Å². The van der Waals surface area contributed by atoms with Crippen molar-refractivity contribution in [1.29, 1.82) is 0 Å². The molecule has 1 N–H and O–H groups in total. The van der Waals surface area contributed by atoms with E-state index in [4.69, 9.17) is 0 Å². The van der Waals surface area contributed by atoms with Crippen LogP contribution in [-0.2, 0) is 10.0 Å². The van der Waals surface area contributed by atoms with E-state index in [9.17, 15) is 12.8 Å². The molecule has 0 aliphatic rings. The van der Waals surface area contributed by atoms with Crippen molar-refractivity contribution < 1.29 is 12.8 Å². The van der Waals surface area contributed by atoms with Crippen LogP contribution in [0.3, 0.4) is 0 Å². The van der Waals surface area contributed by atoms with Crippen molar-refractivity contribution in [3.63, 3.8) is 0 Å². The second kappa shape index (κ2) is 6.09.